The summed E-state index contributed by atoms with van der Waals surface area (Å²) in [6.07, 6.45) is 1.27. The van der Waals surface area contributed by atoms with E-state index in [-0.39, 0.29) is 28.7 Å². The number of piperidine rings is 1. The summed E-state index contributed by atoms with van der Waals surface area (Å²) in [6, 6.07) is 6.07. The first-order valence-corrected chi connectivity index (χ1v) is 10.2. The molecular weight excluding hydrogens is 354 g/mol. The maximum Gasteiger partial charge on any atom is 0.243 e. The molecule has 0 spiro atoms. The highest BCUT2D eigenvalue weighted by atomic mass is 32.2. The Balaban J connectivity index is 1.99. The fourth-order valence-corrected chi connectivity index (χ4v) is 4.22. The van der Waals surface area contributed by atoms with Crippen LogP contribution in [0.4, 0.5) is 5.69 Å². The van der Waals surface area contributed by atoms with Crippen molar-refractivity contribution in [1.29, 1.82) is 0 Å². The lowest BCUT2D eigenvalue weighted by molar-refractivity contribution is -0.132. The Morgan fingerprint density at radius 1 is 1.15 bits per heavy atom. The molecule has 0 unspecified atom stereocenters. The van der Waals surface area contributed by atoms with Crippen molar-refractivity contribution < 1.29 is 18.0 Å². The van der Waals surface area contributed by atoms with Crippen LogP contribution in [0.2, 0.25) is 0 Å². The van der Waals surface area contributed by atoms with E-state index in [4.69, 9.17) is 0 Å². The molecule has 0 atom stereocenters. The molecule has 1 N–H and O–H groups in total. The number of benzene rings is 1. The van der Waals surface area contributed by atoms with E-state index in [0.717, 1.165) is 0 Å². The molecule has 7 nitrogen and oxygen atoms in total. The molecule has 1 aliphatic heterocycles. The fourth-order valence-electron chi connectivity index (χ4n) is 2.85. The van der Waals surface area contributed by atoms with Crippen LogP contribution in [-0.2, 0) is 19.6 Å². The van der Waals surface area contributed by atoms with Crippen molar-refractivity contribution in [3.05, 3.63) is 24.3 Å². The van der Waals surface area contributed by atoms with Crippen molar-refractivity contribution in [3.63, 3.8) is 0 Å². The first-order valence-electron chi connectivity index (χ1n) is 8.77. The van der Waals surface area contributed by atoms with Crippen LogP contribution < -0.4 is 5.32 Å². The van der Waals surface area contributed by atoms with E-state index in [0.29, 0.717) is 31.6 Å². The molecule has 1 heterocycles. The van der Waals surface area contributed by atoms with Crippen LogP contribution in [0.3, 0.4) is 0 Å². The largest absolute Gasteiger partial charge is 0.343 e. The third-order valence-electron chi connectivity index (χ3n) is 4.84. The average Bonchev–Trinajstić information content (AvgIpc) is 2.61. The summed E-state index contributed by atoms with van der Waals surface area (Å²) < 4.78 is 26.2. The van der Waals surface area contributed by atoms with E-state index in [1.807, 2.05) is 13.8 Å². The SMILES string of the molecule is CC(=O)N1CCC(C(=O)Nc2ccc(S(=O)(=O)N(C)C(C)C)cc2)CC1. The molecule has 0 aliphatic carbocycles. The molecular formula is C18H27N3O4S. The molecule has 2 amide bonds. The molecule has 26 heavy (non-hydrogen) atoms. The number of likely N-dealkylation sites (tertiary alicyclic amines) is 1. The van der Waals surface area contributed by atoms with E-state index in [9.17, 15) is 18.0 Å². The van der Waals surface area contributed by atoms with Crippen LogP contribution in [0.15, 0.2) is 29.2 Å². The van der Waals surface area contributed by atoms with Gasteiger partial charge < -0.3 is 10.2 Å². The van der Waals surface area contributed by atoms with E-state index in [2.05, 4.69) is 5.32 Å². The predicted molar refractivity (Wildman–Crippen MR) is 100 cm³/mol. The van der Waals surface area contributed by atoms with Gasteiger partial charge in [-0.05, 0) is 51.0 Å². The van der Waals surface area contributed by atoms with E-state index in [1.165, 1.54) is 23.4 Å². The highest BCUT2D eigenvalue weighted by molar-refractivity contribution is 7.89. The zero-order valence-corrected chi connectivity index (χ0v) is 16.5. The molecule has 8 heteroatoms. The van der Waals surface area contributed by atoms with Crippen LogP contribution >= 0.6 is 0 Å². The number of carbonyl (C=O) groups excluding carboxylic acids is 2. The zero-order valence-electron chi connectivity index (χ0n) is 15.7. The minimum Gasteiger partial charge on any atom is -0.343 e. The fraction of sp³-hybridized carbons (Fsp3) is 0.556. The number of amides is 2. The predicted octanol–water partition coefficient (Wildman–Crippen LogP) is 1.91. The number of sulfonamides is 1. The molecule has 1 aromatic rings. The van der Waals surface area contributed by atoms with Crippen LogP contribution in [0, 0.1) is 5.92 Å². The highest BCUT2D eigenvalue weighted by Crippen LogP contribution is 2.22. The number of hydrogen-bond donors (Lipinski definition) is 1. The smallest absolute Gasteiger partial charge is 0.243 e. The summed E-state index contributed by atoms with van der Waals surface area (Å²) in [4.78, 5) is 25.7. The Kier molecular flexibility index (Phi) is 6.41. The Bertz CT molecular complexity index is 751. The van der Waals surface area contributed by atoms with E-state index < -0.39 is 10.0 Å². The lowest BCUT2D eigenvalue weighted by Crippen LogP contribution is -2.40. The lowest BCUT2D eigenvalue weighted by Gasteiger charge is -2.30. The number of anilines is 1. The van der Waals surface area contributed by atoms with Crippen LogP contribution in [0.1, 0.15) is 33.6 Å². The van der Waals surface area contributed by atoms with Crippen LogP contribution in [0.25, 0.3) is 0 Å². The van der Waals surface area contributed by atoms with Gasteiger partial charge in [0.05, 0.1) is 4.90 Å². The molecule has 1 aromatic carbocycles. The van der Waals surface area contributed by atoms with Gasteiger partial charge in [0.15, 0.2) is 0 Å². The number of carbonyl (C=O) groups is 2. The second-order valence-corrected chi connectivity index (χ2v) is 8.91. The van der Waals surface area contributed by atoms with Gasteiger partial charge in [0.1, 0.15) is 0 Å². The van der Waals surface area contributed by atoms with Crippen LogP contribution in [-0.4, -0.2) is 55.6 Å². The summed E-state index contributed by atoms with van der Waals surface area (Å²) in [5.41, 5.74) is 0.565. The Hall–Kier alpha value is -1.93. The minimum atomic E-state index is -3.54. The van der Waals surface area contributed by atoms with Gasteiger partial charge in [-0.15, -0.1) is 0 Å². The van der Waals surface area contributed by atoms with Gasteiger partial charge >= 0.3 is 0 Å². The minimum absolute atomic E-state index is 0.0343. The molecule has 0 aromatic heterocycles. The third kappa shape index (κ3) is 4.62. The molecule has 1 aliphatic rings. The standard InChI is InChI=1S/C18H27N3O4S/c1-13(2)20(4)26(24,25)17-7-5-16(6-8-17)19-18(23)15-9-11-21(12-10-15)14(3)22/h5-8,13,15H,9-12H2,1-4H3,(H,19,23). The summed E-state index contributed by atoms with van der Waals surface area (Å²) in [7, 11) is -1.99. The first kappa shape index (κ1) is 20.4. The number of rotatable bonds is 5. The van der Waals surface area contributed by atoms with Gasteiger partial charge in [0.2, 0.25) is 21.8 Å². The monoisotopic (exact) mass is 381 g/mol. The van der Waals surface area contributed by atoms with E-state index in [1.54, 1.807) is 24.1 Å². The maximum absolute atomic E-state index is 12.4. The lowest BCUT2D eigenvalue weighted by atomic mass is 9.96. The van der Waals surface area contributed by atoms with Gasteiger partial charge in [-0.1, -0.05) is 0 Å². The van der Waals surface area contributed by atoms with Gasteiger partial charge in [-0.3, -0.25) is 9.59 Å². The quantitative estimate of drug-likeness (QED) is 0.844. The van der Waals surface area contributed by atoms with Crippen molar-refractivity contribution in [2.75, 3.05) is 25.5 Å². The van der Waals surface area contributed by atoms with Gasteiger partial charge in [-0.2, -0.15) is 4.31 Å². The van der Waals surface area contributed by atoms with Gasteiger partial charge in [-0.25, -0.2) is 8.42 Å². The molecule has 0 saturated carbocycles. The maximum atomic E-state index is 12.4. The van der Waals surface area contributed by atoms with Crippen molar-refractivity contribution >= 4 is 27.5 Å². The number of hydrogen-bond acceptors (Lipinski definition) is 4. The van der Waals surface area contributed by atoms with Crippen LogP contribution in [0.5, 0.6) is 0 Å². The van der Waals surface area contributed by atoms with Crippen molar-refractivity contribution in [2.45, 2.75) is 44.6 Å². The Morgan fingerprint density at radius 2 is 1.69 bits per heavy atom. The van der Waals surface area contributed by atoms with Gasteiger partial charge in [0, 0.05) is 44.7 Å². The Labute approximate surface area is 155 Å². The molecule has 1 saturated heterocycles. The highest BCUT2D eigenvalue weighted by Gasteiger charge is 2.26. The normalized spacial score (nSPS) is 16.2. The van der Waals surface area contributed by atoms with Crippen molar-refractivity contribution in [1.82, 2.24) is 9.21 Å². The summed E-state index contributed by atoms with van der Waals surface area (Å²) in [5.74, 6) is -0.198. The van der Waals surface area contributed by atoms with E-state index >= 15 is 0 Å². The third-order valence-corrected chi connectivity index (χ3v) is 6.88. The summed E-state index contributed by atoms with van der Waals surface area (Å²) in [6.45, 7) is 6.33. The molecule has 0 radical (unpaired) electrons. The van der Waals surface area contributed by atoms with Gasteiger partial charge in [0.25, 0.3) is 0 Å². The number of nitrogens with one attached hydrogen (secondary N) is 1. The number of nitrogens with zero attached hydrogens (tertiary/aromatic N) is 2. The topological polar surface area (TPSA) is 86.8 Å². The average molecular weight is 381 g/mol. The second kappa shape index (κ2) is 8.18. The molecule has 1 fully saturated rings. The zero-order chi connectivity index (χ0) is 19.5. The molecule has 0 bridgehead atoms. The molecule has 2 rings (SSSR count). The molecule has 144 valence electrons. The van der Waals surface area contributed by atoms with Crippen molar-refractivity contribution in [2.24, 2.45) is 5.92 Å². The summed E-state index contributed by atoms with van der Waals surface area (Å²) >= 11 is 0. The second-order valence-electron chi connectivity index (χ2n) is 6.91. The Morgan fingerprint density at radius 3 is 2.15 bits per heavy atom. The summed E-state index contributed by atoms with van der Waals surface area (Å²) in [5, 5.41) is 2.84. The van der Waals surface area contributed by atoms with Crippen molar-refractivity contribution in [3.8, 4) is 0 Å². The first-order chi connectivity index (χ1) is 12.1.